The largest absolute Gasteiger partial charge is 0.480 e. The summed E-state index contributed by atoms with van der Waals surface area (Å²) in [6.07, 6.45) is 2.07. The van der Waals surface area contributed by atoms with E-state index in [9.17, 15) is 9.59 Å². The Kier molecular flexibility index (Phi) is 2.87. The highest BCUT2D eigenvalue weighted by atomic mass is 16.4. The summed E-state index contributed by atoms with van der Waals surface area (Å²) in [5, 5.41) is 11.0. The Labute approximate surface area is 98.0 Å². The van der Waals surface area contributed by atoms with Gasteiger partial charge in [-0.15, -0.1) is 0 Å². The van der Waals surface area contributed by atoms with E-state index in [0.717, 1.165) is 12.8 Å². The second-order valence-electron chi connectivity index (χ2n) is 4.27. The topological polar surface area (TPSA) is 92.4 Å². The van der Waals surface area contributed by atoms with Crippen LogP contribution in [-0.2, 0) is 4.79 Å². The van der Waals surface area contributed by atoms with Crippen LogP contribution in [0.25, 0.3) is 0 Å². The Balaban J connectivity index is 2.10. The summed E-state index contributed by atoms with van der Waals surface area (Å²) >= 11 is 0. The van der Waals surface area contributed by atoms with E-state index in [1.165, 1.54) is 6.92 Å². The molecule has 1 heterocycles. The Hall–Kier alpha value is -1.85. The lowest BCUT2D eigenvalue weighted by Gasteiger charge is -2.07. The summed E-state index contributed by atoms with van der Waals surface area (Å²) in [6.45, 7) is 3.07. The van der Waals surface area contributed by atoms with E-state index in [-0.39, 0.29) is 5.76 Å². The van der Waals surface area contributed by atoms with Crippen LogP contribution in [0.4, 0.5) is 0 Å². The summed E-state index contributed by atoms with van der Waals surface area (Å²) in [6, 6.07) is -0.948. The first kappa shape index (κ1) is 11.6. The molecule has 92 valence electrons. The van der Waals surface area contributed by atoms with Gasteiger partial charge in [-0.1, -0.05) is 0 Å². The minimum Gasteiger partial charge on any atom is -0.480 e. The fourth-order valence-corrected chi connectivity index (χ4v) is 1.46. The van der Waals surface area contributed by atoms with Crippen LogP contribution >= 0.6 is 0 Å². The smallest absolute Gasteiger partial charge is 0.325 e. The maximum Gasteiger partial charge on any atom is 0.325 e. The van der Waals surface area contributed by atoms with Crippen LogP contribution in [0.5, 0.6) is 0 Å². The number of nitrogens with zero attached hydrogens (tertiary/aromatic N) is 1. The number of oxazole rings is 1. The van der Waals surface area contributed by atoms with Gasteiger partial charge in [0.15, 0.2) is 5.89 Å². The van der Waals surface area contributed by atoms with Gasteiger partial charge in [0.1, 0.15) is 6.04 Å². The number of rotatable bonds is 4. The van der Waals surface area contributed by atoms with E-state index in [2.05, 4.69) is 10.3 Å². The number of carboxylic acids is 1. The van der Waals surface area contributed by atoms with Gasteiger partial charge < -0.3 is 14.8 Å². The highest BCUT2D eigenvalue weighted by Crippen LogP contribution is 2.39. The predicted octanol–water partition coefficient (Wildman–Crippen LogP) is 1.06. The monoisotopic (exact) mass is 238 g/mol. The lowest BCUT2D eigenvalue weighted by Crippen LogP contribution is -2.38. The van der Waals surface area contributed by atoms with Gasteiger partial charge in [-0.2, -0.15) is 0 Å². The Morgan fingerprint density at radius 3 is 2.71 bits per heavy atom. The van der Waals surface area contributed by atoms with Crippen molar-refractivity contribution >= 4 is 11.9 Å². The van der Waals surface area contributed by atoms with E-state index in [1.807, 2.05) is 0 Å². The summed E-state index contributed by atoms with van der Waals surface area (Å²) in [7, 11) is 0. The first-order chi connectivity index (χ1) is 7.99. The molecule has 1 aromatic heterocycles. The fourth-order valence-electron chi connectivity index (χ4n) is 1.46. The molecule has 6 nitrogen and oxygen atoms in total. The van der Waals surface area contributed by atoms with Crippen molar-refractivity contribution < 1.29 is 19.1 Å². The highest BCUT2D eigenvalue weighted by molar-refractivity contribution is 5.94. The Morgan fingerprint density at radius 2 is 2.18 bits per heavy atom. The number of hydrogen-bond acceptors (Lipinski definition) is 4. The molecule has 1 aromatic rings. The molecule has 0 unspecified atom stereocenters. The summed E-state index contributed by atoms with van der Waals surface area (Å²) in [5.74, 6) is -0.600. The van der Waals surface area contributed by atoms with Gasteiger partial charge in [-0.25, -0.2) is 4.98 Å². The lowest BCUT2D eigenvalue weighted by molar-refractivity contribution is -0.138. The third kappa shape index (κ3) is 2.46. The molecule has 0 aromatic carbocycles. The van der Waals surface area contributed by atoms with Crippen LogP contribution in [0.3, 0.4) is 0 Å². The van der Waals surface area contributed by atoms with E-state index in [1.54, 1.807) is 6.92 Å². The van der Waals surface area contributed by atoms with Crippen LogP contribution in [0, 0.1) is 6.92 Å². The zero-order valence-corrected chi connectivity index (χ0v) is 9.69. The molecule has 17 heavy (non-hydrogen) atoms. The van der Waals surface area contributed by atoms with Crippen molar-refractivity contribution in [2.75, 3.05) is 0 Å². The number of carbonyl (C=O) groups excluding carboxylic acids is 1. The van der Waals surface area contributed by atoms with Gasteiger partial charge in [0.05, 0.1) is 5.69 Å². The van der Waals surface area contributed by atoms with E-state index >= 15 is 0 Å². The van der Waals surface area contributed by atoms with E-state index in [0.29, 0.717) is 17.5 Å². The Morgan fingerprint density at radius 1 is 1.53 bits per heavy atom. The second kappa shape index (κ2) is 4.20. The number of nitrogens with one attached hydrogen (secondary N) is 1. The first-order valence-corrected chi connectivity index (χ1v) is 5.50. The summed E-state index contributed by atoms with van der Waals surface area (Å²) in [4.78, 5) is 26.5. The number of aliphatic carboxylic acids is 1. The van der Waals surface area contributed by atoms with Crippen molar-refractivity contribution in [3.63, 3.8) is 0 Å². The van der Waals surface area contributed by atoms with Gasteiger partial charge in [0.2, 0.25) is 5.76 Å². The van der Waals surface area contributed by atoms with Gasteiger partial charge >= 0.3 is 5.97 Å². The van der Waals surface area contributed by atoms with Crippen LogP contribution in [0.1, 0.15) is 47.8 Å². The zero-order valence-electron chi connectivity index (χ0n) is 9.69. The summed E-state index contributed by atoms with van der Waals surface area (Å²) in [5.41, 5.74) is 0.502. The molecule has 1 aliphatic rings. The standard InChI is InChI=1S/C11H14N2O4/c1-5-8(9(14)12-6(2)11(15)16)17-10(13-5)7-3-4-7/h6-7H,3-4H2,1-2H3,(H,12,14)(H,15,16)/t6-/m0/s1. The fraction of sp³-hybridized carbons (Fsp3) is 0.545. The molecule has 0 spiro atoms. The molecule has 1 fully saturated rings. The minimum atomic E-state index is -1.09. The van der Waals surface area contributed by atoms with E-state index in [4.69, 9.17) is 9.52 Å². The zero-order chi connectivity index (χ0) is 12.6. The molecular formula is C11H14N2O4. The third-order valence-electron chi connectivity index (χ3n) is 2.66. The molecule has 0 aliphatic heterocycles. The highest BCUT2D eigenvalue weighted by Gasteiger charge is 2.31. The number of amides is 1. The van der Waals surface area contributed by atoms with Crippen molar-refractivity contribution in [2.24, 2.45) is 0 Å². The van der Waals surface area contributed by atoms with Gasteiger partial charge in [-0.05, 0) is 26.7 Å². The Bertz CT molecular complexity index is 462. The molecule has 0 bridgehead atoms. The molecule has 6 heteroatoms. The van der Waals surface area contributed by atoms with Crippen molar-refractivity contribution in [2.45, 2.75) is 38.6 Å². The first-order valence-electron chi connectivity index (χ1n) is 5.50. The van der Waals surface area contributed by atoms with E-state index < -0.39 is 17.9 Å². The quantitative estimate of drug-likeness (QED) is 0.818. The van der Waals surface area contributed by atoms with Crippen LogP contribution < -0.4 is 5.32 Å². The second-order valence-corrected chi connectivity index (χ2v) is 4.27. The number of carbonyl (C=O) groups is 2. The van der Waals surface area contributed by atoms with Crippen LogP contribution in [0.15, 0.2) is 4.42 Å². The maximum absolute atomic E-state index is 11.7. The molecule has 1 amide bonds. The van der Waals surface area contributed by atoms with Crippen molar-refractivity contribution in [3.05, 3.63) is 17.3 Å². The average molecular weight is 238 g/mol. The third-order valence-corrected chi connectivity index (χ3v) is 2.66. The number of aryl methyl sites for hydroxylation is 1. The van der Waals surface area contributed by atoms with Crippen molar-refractivity contribution in [1.82, 2.24) is 10.3 Å². The average Bonchev–Trinajstić information content (AvgIpc) is 3.02. The SMILES string of the molecule is Cc1nc(C2CC2)oc1C(=O)N[C@@H](C)C(=O)O. The van der Waals surface area contributed by atoms with Gasteiger partial charge in [-0.3, -0.25) is 9.59 Å². The normalized spacial score (nSPS) is 16.6. The van der Waals surface area contributed by atoms with Crippen LogP contribution in [0.2, 0.25) is 0 Å². The molecule has 1 saturated carbocycles. The molecule has 2 N–H and O–H groups in total. The number of carboxylic acid groups (broad SMARTS) is 1. The maximum atomic E-state index is 11.7. The van der Waals surface area contributed by atoms with Gasteiger partial charge in [0.25, 0.3) is 5.91 Å². The number of hydrogen-bond donors (Lipinski definition) is 2. The molecule has 1 aliphatic carbocycles. The van der Waals surface area contributed by atoms with Gasteiger partial charge in [0, 0.05) is 5.92 Å². The molecular weight excluding hydrogens is 224 g/mol. The van der Waals surface area contributed by atoms with Crippen LogP contribution in [-0.4, -0.2) is 28.0 Å². The molecule has 0 saturated heterocycles. The minimum absolute atomic E-state index is 0.111. The summed E-state index contributed by atoms with van der Waals surface area (Å²) < 4.78 is 5.36. The van der Waals surface area contributed by atoms with Crippen molar-refractivity contribution in [3.8, 4) is 0 Å². The number of aromatic nitrogens is 1. The van der Waals surface area contributed by atoms with Crippen molar-refractivity contribution in [1.29, 1.82) is 0 Å². The predicted molar refractivity (Wildman–Crippen MR) is 57.8 cm³/mol. The lowest BCUT2D eigenvalue weighted by atomic mass is 10.3. The molecule has 1 atom stereocenters. The molecule has 2 rings (SSSR count). The molecule has 0 radical (unpaired) electrons.